The van der Waals surface area contributed by atoms with Crippen LogP contribution in [0.25, 0.3) is 0 Å². The van der Waals surface area contributed by atoms with Crippen molar-refractivity contribution in [1.82, 2.24) is 10.2 Å². The van der Waals surface area contributed by atoms with E-state index in [9.17, 15) is 0 Å². The molecule has 1 aromatic heterocycles. The van der Waals surface area contributed by atoms with Crippen molar-refractivity contribution in [3.63, 3.8) is 0 Å². The largest absolute Gasteiger partial charge is 0.454 e. The second-order valence-corrected chi connectivity index (χ2v) is 4.35. The van der Waals surface area contributed by atoms with Gasteiger partial charge in [-0.05, 0) is 30.7 Å². The fourth-order valence-electron chi connectivity index (χ4n) is 1.94. The average molecular weight is 261 g/mol. The second kappa shape index (κ2) is 5.27. The normalized spacial score (nSPS) is 12.9. The summed E-state index contributed by atoms with van der Waals surface area (Å²) >= 11 is 0. The molecule has 0 amide bonds. The zero-order chi connectivity index (χ0) is 13.1. The van der Waals surface area contributed by atoms with Gasteiger partial charge in [0.25, 0.3) is 0 Å². The van der Waals surface area contributed by atoms with Crippen LogP contribution in [-0.4, -0.2) is 23.5 Å². The first-order valence-corrected chi connectivity index (χ1v) is 6.25. The Labute approximate surface area is 110 Å². The number of benzene rings is 1. The van der Waals surface area contributed by atoms with Gasteiger partial charge in [-0.15, -0.1) is 10.2 Å². The fourth-order valence-corrected chi connectivity index (χ4v) is 1.94. The first-order valence-electron chi connectivity index (χ1n) is 6.25. The maximum absolute atomic E-state index is 5.56. The topological polar surface area (TPSA) is 83.4 Å². The molecule has 0 atom stereocenters. The third-order valence-electron chi connectivity index (χ3n) is 2.90. The number of nitrogens with zero attached hydrogens (tertiary/aromatic N) is 2. The third kappa shape index (κ3) is 2.68. The monoisotopic (exact) mass is 261 g/mol. The highest BCUT2D eigenvalue weighted by Crippen LogP contribution is 2.32. The minimum absolute atomic E-state index is 0.280. The standard InChI is InChI=1S/C13H15N3O3/c14-5-1-2-12-15-16-13(19-12)7-9-3-4-10-11(6-9)18-8-17-10/h3-4,6H,1-2,5,7-8,14H2. The third-order valence-corrected chi connectivity index (χ3v) is 2.90. The zero-order valence-electron chi connectivity index (χ0n) is 10.5. The van der Waals surface area contributed by atoms with Crippen molar-refractivity contribution in [2.75, 3.05) is 13.3 Å². The number of aromatic nitrogens is 2. The molecule has 2 aromatic rings. The van der Waals surface area contributed by atoms with Gasteiger partial charge in [-0.3, -0.25) is 0 Å². The summed E-state index contributed by atoms with van der Waals surface area (Å²) in [5.41, 5.74) is 6.50. The zero-order valence-corrected chi connectivity index (χ0v) is 10.5. The molecule has 1 aliphatic rings. The van der Waals surface area contributed by atoms with E-state index < -0.39 is 0 Å². The van der Waals surface area contributed by atoms with Crippen LogP contribution in [0, 0.1) is 0 Å². The Morgan fingerprint density at radius 2 is 1.95 bits per heavy atom. The summed E-state index contributed by atoms with van der Waals surface area (Å²) in [6.45, 7) is 0.905. The Kier molecular flexibility index (Phi) is 3.33. The minimum Gasteiger partial charge on any atom is -0.454 e. The van der Waals surface area contributed by atoms with Crippen LogP contribution in [-0.2, 0) is 12.8 Å². The number of ether oxygens (including phenoxy) is 2. The van der Waals surface area contributed by atoms with E-state index in [0.29, 0.717) is 24.7 Å². The highest BCUT2D eigenvalue weighted by atomic mass is 16.7. The summed E-state index contributed by atoms with van der Waals surface area (Å²) in [5.74, 6) is 2.78. The summed E-state index contributed by atoms with van der Waals surface area (Å²) in [7, 11) is 0. The molecule has 1 aromatic carbocycles. The molecule has 2 N–H and O–H groups in total. The van der Waals surface area contributed by atoms with Crippen molar-refractivity contribution in [3.05, 3.63) is 35.5 Å². The van der Waals surface area contributed by atoms with Crippen LogP contribution in [0.15, 0.2) is 22.6 Å². The first kappa shape index (κ1) is 12.0. The molecule has 0 fully saturated rings. The molecule has 0 saturated heterocycles. The highest BCUT2D eigenvalue weighted by Gasteiger charge is 2.14. The summed E-state index contributed by atoms with van der Waals surface area (Å²) in [4.78, 5) is 0. The summed E-state index contributed by atoms with van der Waals surface area (Å²) in [6, 6.07) is 5.80. The molecule has 100 valence electrons. The van der Waals surface area contributed by atoms with Gasteiger partial charge in [0.1, 0.15) is 0 Å². The fraction of sp³-hybridized carbons (Fsp3) is 0.385. The Bertz CT molecular complexity index is 568. The first-order chi connectivity index (χ1) is 9.35. The minimum atomic E-state index is 0.280. The van der Waals surface area contributed by atoms with Gasteiger partial charge < -0.3 is 19.6 Å². The van der Waals surface area contributed by atoms with Crippen LogP contribution in [0.3, 0.4) is 0 Å². The Morgan fingerprint density at radius 3 is 2.84 bits per heavy atom. The van der Waals surface area contributed by atoms with Crippen molar-refractivity contribution >= 4 is 0 Å². The predicted octanol–water partition coefficient (Wildman–Crippen LogP) is 1.28. The lowest BCUT2D eigenvalue weighted by atomic mass is 10.1. The van der Waals surface area contributed by atoms with E-state index in [4.69, 9.17) is 19.6 Å². The second-order valence-electron chi connectivity index (χ2n) is 4.35. The molecule has 0 radical (unpaired) electrons. The maximum Gasteiger partial charge on any atom is 0.231 e. The van der Waals surface area contributed by atoms with Crippen molar-refractivity contribution in [1.29, 1.82) is 0 Å². The number of rotatable bonds is 5. The van der Waals surface area contributed by atoms with Crippen LogP contribution < -0.4 is 15.2 Å². The molecule has 2 heterocycles. The van der Waals surface area contributed by atoms with E-state index in [-0.39, 0.29) is 6.79 Å². The predicted molar refractivity (Wildman–Crippen MR) is 67.0 cm³/mol. The smallest absolute Gasteiger partial charge is 0.231 e. The van der Waals surface area contributed by atoms with Gasteiger partial charge in [0.15, 0.2) is 11.5 Å². The van der Waals surface area contributed by atoms with Crippen LogP contribution in [0.2, 0.25) is 0 Å². The molecule has 3 rings (SSSR count). The Balaban J connectivity index is 1.69. The lowest BCUT2D eigenvalue weighted by molar-refractivity contribution is 0.174. The van der Waals surface area contributed by atoms with E-state index >= 15 is 0 Å². The molecule has 0 saturated carbocycles. The van der Waals surface area contributed by atoms with Gasteiger partial charge in [-0.2, -0.15) is 0 Å². The molecule has 6 nitrogen and oxygen atoms in total. The van der Waals surface area contributed by atoms with Crippen LogP contribution in [0.4, 0.5) is 0 Å². The van der Waals surface area contributed by atoms with Gasteiger partial charge in [-0.1, -0.05) is 6.07 Å². The van der Waals surface area contributed by atoms with Crippen molar-refractivity contribution in [2.24, 2.45) is 5.73 Å². The summed E-state index contributed by atoms with van der Waals surface area (Å²) in [5, 5.41) is 8.02. The van der Waals surface area contributed by atoms with E-state index in [2.05, 4.69) is 10.2 Å². The molecular weight excluding hydrogens is 246 g/mol. The lowest BCUT2D eigenvalue weighted by Gasteiger charge is -1.99. The van der Waals surface area contributed by atoms with E-state index in [1.165, 1.54) is 0 Å². The van der Waals surface area contributed by atoms with Gasteiger partial charge in [0.05, 0.1) is 6.42 Å². The van der Waals surface area contributed by atoms with E-state index in [1.807, 2.05) is 18.2 Å². The number of nitrogens with two attached hydrogens (primary N) is 1. The molecule has 6 heteroatoms. The van der Waals surface area contributed by atoms with Crippen LogP contribution in [0.5, 0.6) is 11.5 Å². The number of hydrogen-bond acceptors (Lipinski definition) is 6. The quantitative estimate of drug-likeness (QED) is 0.872. The molecule has 1 aliphatic heterocycles. The SMILES string of the molecule is NCCCc1nnc(Cc2ccc3c(c2)OCO3)o1. The van der Waals surface area contributed by atoms with Gasteiger partial charge in [0.2, 0.25) is 18.6 Å². The lowest BCUT2D eigenvalue weighted by Crippen LogP contribution is -2.00. The van der Waals surface area contributed by atoms with E-state index in [1.54, 1.807) is 0 Å². The Morgan fingerprint density at radius 1 is 1.11 bits per heavy atom. The molecular formula is C13H15N3O3. The molecule has 0 bridgehead atoms. The Hall–Kier alpha value is -2.08. The molecule has 0 aliphatic carbocycles. The highest BCUT2D eigenvalue weighted by molar-refractivity contribution is 5.44. The van der Waals surface area contributed by atoms with Gasteiger partial charge >= 0.3 is 0 Å². The van der Waals surface area contributed by atoms with Gasteiger partial charge in [-0.25, -0.2) is 0 Å². The van der Waals surface area contributed by atoms with Crippen molar-refractivity contribution < 1.29 is 13.9 Å². The number of hydrogen-bond donors (Lipinski definition) is 1. The molecule has 0 unspecified atom stereocenters. The molecule has 19 heavy (non-hydrogen) atoms. The number of aryl methyl sites for hydroxylation is 1. The van der Waals surface area contributed by atoms with Crippen molar-refractivity contribution in [3.8, 4) is 11.5 Å². The van der Waals surface area contributed by atoms with E-state index in [0.717, 1.165) is 29.9 Å². The van der Waals surface area contributed by atoms with Gasteiger partial charge in [0, 0.05) is 6.42 Å². The van der Waals surface area contributed by atoms with Crippen molar-refractivity contribution in [2.45, 2.75) is 19.3 Å². The van der Waals surface area contributed by atoms with Crippen LogP contribution in [0.1, 0.15) is 23.8 Å². The maximum atomic E-state index is 5.56. The number of fused-ring (bicyclic) bond motifs is 1. The molecule has 0 spiro atoms. The van der Waals surface area contributed by atoms with Crippen LogP contribution >= 0.6 is 0 Å². The average Bonchev–Trinajstić information content (AvgIpc) is 3.05. The summed E-state index contributed by atoms with van der Waals surface area (Å²) in [6.07, 6.45) is 2.17. The summed E-state index contributed by atoms with van der Waals surface area (Å²) < 4.78 is 16.2.